The van der Waals surface area contributed by atoms with E-state index in [1.807, 2.05) is 17.8 Å². The summed E-state index contributed by atoms with van der Waals surface area (Å²) in [4.78, 5) is 2.33. The van der Waals surface area contributed by atoms with Gasteiger partial charge in [0.05, 0.1) is 0 Å². The smallest absolute Gasteiger partial charge is 0.124 e. The highest BCUT2D eigenvalue weighted by atomic mass is 32.2. The molecule has 0 atom stereocenters. The normalized spacial score (nSPS) is 17.4. The van der Waals surface area contributed by atoms with E-state index in [1.54, 1.807) is 0 Å². The molecule has 5 heteroatoms. The fourth-order valence-corrected chi connectivity index (χ4v) is 3.04. The molecule has 1 aliphatic rings. The van der Waals surface area contributed by atoms with Crippen LogP contribution >= 0.6 is 11.8 Å². The van der Waals surface area contributed by atoms with Crippen molar-refractivity contribution in [2.24, 2.45) is 5.73 Å². The molecule has 0 radical (unpaired) electrons. The molecule has 98 valence electrons. The Labute approximate surface area is 111 Å². The summed E-state index contributed by atoms with van der Waals surface area (Å²) in [5.41, 5.74) is 6.77. The van der Waals surface area contributed by atoms with Crippen LogP contribution < -0.4 is 5.73 Å². The molecule has 0 saturated carbocycles. The van der Waals surface area contributed by atoms with Crippen molar-refractivity contribution in [3.63, 3.8) is 0 Å². The minimum atomic E-state index is -0.318. The van der Waals surface area contributed by atoms with Crippen LogP contribution in [-0.4, -0.2) is 35.3 Å². The monoisotopic (exact) mass is 267 g/mol. The molecule has 1 aliphatic heterocycles. The van der Waals surface area contributed by atoms with E-state index >= 15 is 0 Å². The Kier molecular flexibility index (Phi) is 4.60. The largest absolute Gasteiger partial charge is 0.384 e. The second-order valence-corrected chi connectivity index (χ2v) is 5.73. The quantitative estimate of drug-likeness (QED) is 0.651. The number of hydrogen-bond donors (Lipinski definition) is 2. The molecule has 3 nitrogen and oxygen atoms in total. The van der Waals surface area contributed by atoms with Crippen LogP contribution in [0, 0.1) is 11.2 Å². The second kappa shape index (κ2) is 6.20. The van der Waals surface area contributed by atoms with Gasteiger partial charge in [-0.1, -0.05) is 0 Å². The van der Waals surface area contributed by atoms with Gasteiger partial charge in [0.25, 0.3) is 0 Å². The maximum absolute atomic E-state index is 13.4. The maximum Gasteiger partial charge on any atom is 0.124 e. The zero-order valence-corrected chi connectivity index (χ0v) is 11.1. The third-order valence-electron chi connectivity index (χ3n) is 2.99. The van der Waals surface area contributed by atoms with Crippen molar-refractivity contribution in [3.8, 4) is 0 Å². The Morgan fingerprint density at radius 1 is 1.33 bits per heavy atom. The molecular formula is C13H18FN3S. The third kappa shape index (κ3) is 3.71. The summed E-state index contributed by atoms with van der Waals surface area (Å²) in [5.74, 6) is 1.94. The summed E-state index contributed by atoms with van der Waals surface area (Å²) in [6.45, 7) is 2.83. The van der Waals surface area contributed by atoms with Crippen molar-refractivity contribution >= 4 is 17.6 Å². The fourth-order valence-electron chi connectivity index (χ4n) is 2.11. The molecule has 3 N–H and O–H groups in total. The lowest BCUT2D eigenvalue weighted by molar-refractivity contribution is 0.287. The summed E-state index contributed by atoms with van der Waals surface area (Å²) in [6, 6.07) is 4.65. The number of halogens is 1. The SMILES string of the molecule is N=C(N)c1cc(F)cc(CN2CCCSCC2)c1. The van der Waals surface area contributed by atoms with Gasteiger partial charge in [-0.25, -0.2) is 4.39 Å². The van der Waals surface area contributed by atoms with Crippen LogP contribution in [-0.2, 0) is 6.54 Å². The molecule has 2 rings (SSSR count). The molecule has 0 amide bonds. The Morgan fingerprint density at radius 2 is 2.17 bits per heavy atom. The lowest BCUT2D eigenvalue weighted by atomic mass is 10.1. The summed E-state index contributed by atoms with van der Waals surface area (Å²) in [6.07, 6.45) is 1.18. The highest BCUT2D eigenvalue weighted by Gasteiger charge is 2.11. The van der Waals surface area contributed by atoms with Gasteiger partial charge in [-0.05, 0) is 42.5 Å². The van der Waals surface area contributed by atoms with Crippen LogP contribution in [0.5, 0.6) is 0 Å². The third-order valence-corrected chi connectivity index (χ3v) is 4.04. The summed E-state index contributed by atoms with van der Waals surface area (Å²) >= 11 is 1.97. The standard InChI is InChI=1S/C13H18FN3S/c14-12-7-10(6-11(8-12)13(15)16)9-17-2-1-4-18-5-3-17/h6-8H,1-5,9H2,(H3,15,16). The minimum Gasteiger partial charge on any atom is -0.384 e. The maximum atomic E-state index is 13.4. The molecule has 1 fully saturated rings. The van der Waals surface area contributed by atoms with Crippen molar-refractivity contribution in [3.05, 3.63) is 35.1 Å². The van der Waals surface area contributed by atoms with Gasteiger partial charge in [0.1, 0.15) is 11.7 Å². The molecule has 0 aromatic heterocycles. The zero-order valence-electron chi connectivity index (χ0n) is 10.3. The van der Waals surface area contributed by atoms with Crippen LogP contribution in [0.2, 0.25) is 0 Å². The number of nitrogens with zero attached hydrogens (tertiary/aromatic N) is 1. The number of amidine groups is 1. The number of nitrogen functional groups attached to an aromatic ring is 1. The second-order valence-electron chi connectivity index (χ2n) is 4.50. The topological polar surface area (TPSA) is 53.1 Å². The first-order valence-electron chi connectivity index (χ1n) is 6.09. The molecule has 0 aliphatic carbocycles. The van der Waals surface area contributed by atoms with Crippen LogP contribution in [0.1, 0.15) is 17.5 Å². The summed E-state index contributed by atoms with van der Waals surface area (Å²) < 4.78 is 13.4. The van der Waals surface area contributed by atoms with Crippen molar-refractivity contribution in [1.29, 1.82) is 5.41 Å². The predicted molar refractivity (Wildman–Crippen MR) is 74.6 cm³/mol. The highest BCUT2D eigenvalue weighted by Crippen LogP contribution is 2.15. The van der Waals surface area contributed by atoms with E-state index in [0.717, 1.165) is 31.0 Å². The molecular weight excluding hydrogens is 249 g/mol. The van der Waals surface area contributed by atoms with E-state index in [1.165, 1.54) is 24.3 Å². The highest BCUT2D eigenvalue weighted by molar-refractivity contribution is 7.99. The van der Waals surface area contributed by atoms with Gasteiger partial charge < -0.3 is 5.73 Å². The van der Waals surface area contributed by atoms with Crippen LogP contribution in [0.3, 0.4) is 0 Å². The first-order valence-corrected chi connectivity index (χ1v) is 7.24. The number of nitrogens with two attached hydrogens (primary N) is 1. The van der Waals surface area contributed by atoms with E-state index in [4.69, 9.17) is 11.1 Å². The molecule has 0 unspecified atom stereocenters. The number of rotatable bonds is 3. The van der Waals surface area contributed by atoms with E-state index in [0.29, 0.717) is 5.56 Å². The van der Waals surface area contributed by atoms with E-state index in [2.05, 4.69) is 4.90 Å². The lowest BCUT2D eigenvalue weighted by Gasteiger charge is -2.19. The first kappa shape index (κ1) is 13.4. The molecule has 0 bridgehead atoms. The Morgan fingerprint density at radius 3 is 2.94 bits per heavy atom. The Balaban J connectivity index is 2.10. The van der Waals surface area contributed by atoms with Gasteiger partial charge in [-0.15, -0.1) is 0 Å². The average molecular weight is 267 g/mol. The van der Waals surface area contributed by atoms with Gasteiger partial charge in [0.15, 0.2) is 0 Å². The number of hydrogen-bond acceptors (Lipinski definition) is 3. The predicted octanol–water partition coefficient (Wildman–Crippen LogP) is 2.05. The number of benzene rings is 1. The molecule has 1 heterocycles. The van der Waals surface area contributed by atoms with E-state index < -0.39 is 0 Å². The van der Waals surface area contributed by atoms with Crippen LogP contribution in [0.15, 0.2) is 18.2 Å². The Hall–Kier alpha value is -1.07. The number of thioether (sulfide) groups is 1. The van der Waals surface area contributed by atoms with Crippen molar-refractivity contribution < 1.29 is 4.39 Å². The van der Waals surface area contributed by atoms with Gasteiger partial charge in [0, 0.05) is 24.4 Å². The molecule has 1 saturated heterocycles. The van der Waals surface area contributed by atoms with Crippen molar-refractivity contribution in [2.75, 3.05) is 24.6 Å². The van der Waals surface area contributed by atoms with Crippen LogP contribution in [0.25, 0.3) is 0 Å². The van der Waals surface area contributed by atoms with Gasteiger partial charge in [0.2, 0.25) is 0 Å². The average Bonchev–Trinajstić information content (AvgIpc) is 2.57. The van der Waals surface area contributed by atoms with Crippen molar-refractivity contribution in [1.82, 2.24) is 4.90 Å². The van der Waals surface area contributed by atoms with E-state index in [-0.39, 0.29) is 11.7 Å². The minimum absolute atomic E-state index is 0.0813. The summed E-state index contributed by atoms with van der Waals surface area (Å²) in [7, 11) is 0. The molecule has 1 aromatic carbocycles. The van der Waals surface area contributed by atoms with Crippen molar-refractivity contribution in [2.45, 2.75) is 13.0 Å². The number of nitrogens with one attached hydrogen (secondary N) is 1. The lowest BCUT2D eigenvalue weighted by Crippen LogP contribution is -2.25. The first-order chi connectivity index (χ1) is 8.65. The van der Waals surface area contributed by atoms with Gasteiger partial charge in [-0.3, -0.25) is 10.3 Å². The zero-order chi connectivity index (χ0) is 13.0. The fraction of sp³-hybridized carbons (Fsp3) is 0.462. The molecule has 18 heavy (non-hydrogen) atoms. The van der Waals surface area contributed by atoms with Gasteiger partial charge in [-0.2, -0.15) is 11.8 Å². The molecule has 1 aromatic rings. The van der Waals surface area contributed by atoms with E-state index in [9.17, 15) is 4.39 Å². The Bertz CT molecular complexity index is 428. The van der Waals surface area contributed by atoms with Gasteiger partial charge >= 0.3 is 0 Å². The van der Waals surface area contributed by atoms with Crippen LogP contribution in [0.4, 0.5) is 4.39 Å². The summed E-state index contributed by atoms with van der Waals surface area (Å²) in [5, 5.41) is 7.38. The molecule has 0 spiro atoms.